The molecule has 0 heterocycles. The first-order valence-electron chi connectivity index (χ1n) is 8.74. The number of nitrogens with one attached hydrogen (secondary N) is 2. The first-order valence-corrected chi connectivity index (χ1v) is 8.74. The van der Waals surface area contributed by atoms with Crippen LogP contribution in [0.5, 0.6) is 0 Å². The third-order valence-corrected chi connectivity index (χ3v) is 3.64. The van der Waals surface area contributed by atoms with Gasteiger partial charge in [0.2, 0.25) is 11.8 Å². The van der Waals surface area contributed by atoms with Crippen LogP contribution in [-0.2, 0) is 14.3 Å². The molecular weight excluding hydrogens is 336 g/mol. The lowest BCUT2D eigenvalue weighted by Gasteiger charge is -2.15. The normalized spacial score (nSPS) is 11.6. The number of anilines is 1. The maximum atomic E-state index is 11.9. The third kappa shape index (κ3) is 8.48. The minimum Gasteiger partial charge on any atom is -0.399 e. The minimum atomic E-state index is -0.736. The number of carbonyl (C=O) groups excluding carboxylic acids is 3. The van der Waals surface area contributed by atoms with E-state index in [1.807, 2.05) is 6.92 Å². The molecule has 1 aromatic carbocycles. The van der Waals surface area contributed by atoms with Crippen LogP contribution >= 0.6 is 0 Å². The maximum Gasteiger partial charge on any atom is 0.251 e. The molecule has 0 saturated carbocycles. The van der Waals surface area contributed by atoms with E-state index in [1.165, 1.54) is 0 Å². The van der Waals surface area contributed by atoms with Gasteiger partial charge in [0.25, 0.3) is 5.91 Å². The number of nitrogens with two attached hydrogens (primary N) is 2. The number of primary amides is 1. The van der Waals surface area contributed by atoms with Gasteiger partial charge in [-0.05, 0) is 49.9 Å². The summed E-state index contributed by atoms with van der Waals surface area (Å²) in [6.07, 6.45) is 2.51. The van der Waals surface area contributed by atoms with Gasteiger partial charge in [0, 0.05) is 24.4 Å². The van der Waals surface area contributed by atoms with Crippen molar-refractivity contribution in [2.75, 3.05) is 25.5 Å². The van der Waals surface area contributed by atoms with Crippen LogP contribution in [0.3, 0.4) is 0 Å². The summed E-state index contributed by atoms with van der Waals surface area (Å²) in [7, 11) is 0. The van der Waals surface area contributed by atoms with E-state index in [0.29, 0.717) is 43.7 Å². The summed E-state index contributed by atoms with van der Waals surface area (Å²) < 4.78 is 5.12. The van der Waals surface area contributed by atoms with E-state index in [-0.39, 0.29) is 18.4 Å². The van der Waals surface area contributed by atoms with Gasteiger partial charge in [-0.25, -0.2) is 0 Å². The molecule has 0 aliphatic carbocycles. The van der Waals surface area contributed by atoms with Crippen molar-refractivity contribution in [3.8, 4) is 0 Å². The van der Waals surface area contributed by atoms with Gasteiger partial charge in [-0.1, -0.05) is 6.92 Å². The number of unbranched alkanes of at least 4 members (excludes halogenated alkanes) is 1. The zero-order chi connectivity index (χ0) is 19.4. The van der Waals surface area contributed by atoms with Crippen LogP contribution in [0.2, 0.25) is 0 Å². The fourth-order valence-electron chi connectivity index (χ4n) is 2.24. The fourth-order valence-corrected chi connectivity index (χ4v) is 2.24. The van der Waals surface area contributed by atoms with Crippen molar-refractivity contribution in [2.24, 2.45) is 5.73 Å². The molecule has 0 fully saturated rings. The molecule has 0 bridgehead atoms. The fraction of sp³-hybridized carbons (Fsp3) is 0.500. The Morgan fingerprint density at radius 2 is 1.85 bits per heavy atom. The number of ether oxygens (including phenoxy) is 1. The highest BCUT2D eigenvalue weighted by Gasteiger charge is 2.17. The summed E-state index contributed by atoms with van der Waals surface area (Å²) in [6, 6.07) is 5.91. The molecule has 144 valence electrons. The average molecular weight is 364 g/mol. The molecule has 1 aromatic rings. The van der Waals surface area contributed by atoms with Crippen LogP contribution < -0.4 is 22.1 Å². The molecular formula is C18H28N4O4. The van der Waals surface area contributed by atoms with Crippen LogP contribution in [-0.4, -0.2) is 43.5 Å². The third-order valence-electron chi connectivity index (χ3n) is 3.64. The second-order valence-corrected chi connectivity index (χ2v) is 5.95. The van der Waals surface area contributed by atoms with Crippen LogP contribution in [0.25, 0.3) is 0 Å². The van der Waals surface area contributed by atoms with E-state index in [0.717, 1.165) is 6.42 Å². The monoisotopic (exact) mass is 364 g/mol. The molecule has 0 saturated heterocycles. The highest BCUT2D eigenvalue weighted by atomic mass is 16.5. The van der Waals surface area contributed by atoms with Gasteiger partial charge in [-0.2, -0.15) is 0 Å². The Morgan fingerprint density at radius 3 is 2.46 bits per heavy atom. The molecule has 0 aliphatic heterocycles. The molecule has 6 N–H and O–H groups in total. The first kappa shape index (κ1) is 21.4. The summed E-state index contributed by atoms with van der Waals surface area (Å²) in [5.74, 6) is -1.13. The zero-order valence-electron chi connectivity index (χ0n) is 15.1. The van der Waals surface area contributed by atoms with E-state index in [2.05, 4.69) is 10.6 Å². The standard InChI is InChI=1S/C18H28N4O4/c1-2-11-26-12-16(23)22-15(17(20)24)5-3-4-10-21-18(25)13-6-8-14(19)9-7-13/h6-9,15H,2-5,10-12,19H2,1H3,(H2,20,24)(H,21,25)(H,22,23). The lowest BCUT2D eigenvalue weighted by atomic mass is 10.1. The van der Waals surface area contributed by atoms with Gasteiger partial charge in [0.15, 0.2) is 0 Å². The largest absolute Gasteiger partial charge is 0.399 e. The number of hydrogen-bond acceptors (Lipinski definition) is 5. The molecule has 1 atom stereocenters. The molecule has 1 rings (SSSR count). The van der Waals surface area contributed by atoms with Crippen LogP contribution in [0.1, 0.15) is 43.0 Å². The Labute approximate surface area is 153 Å². The van der Waals surface area contributed by atoms with Crippen LogP contribution in [0.15, 0.2) is 24.3 Å². The summed E-state index contributed by atoms with van der Waals surface area (Å²) in [5.41, 5.74) is 12.0. The lowest BCUT2D eigenvalue weighted by molar-refractivity contribution is -0.130. The van der Waals surface area contributed by atoms with Gasteiger partial charge in [0.1, 0.15) is 12.6 Å². The molecule has 0 aromatic heterocycles. The van der Waals surface area contributed by atoms with Gasteiger partial charge >= 0.3 is 0 Å². The molecule has 26 heavy (non-hydrogen) atoms. The van der Waals surface area contributed by atoms with Crippen molar-refractivity contribution in [3.63, 3.8) is 0 Å². The molecule has 3 amide bonds. The van der Waals surface area contributed by atoms with Crippen molar-refractivity contribution >= 4 is 23.4 Å². The first-order chi connectivity index (χ1) is 12.4. The maximum absolute atomic E-state index is 11.9. The predicted octanol–water partition coefficient (Wildman–Crippen LogP) is 0.566. The van der Waals surface area contributed by atoms with Gasteiger partial charge in [-0.3, -0.25) is 14.4 Å². The van der Waals surface area contributed by atoms with Crippen molar-refractivity contribution in [2.45, 2.75) is 38.6 Å². The summed E-state index contributed by atoms with van der Waals surface area (Å²) in [4.78, 5) is 35.1. The molecule has 0 radical (unpaired) electrons. The number of hydrogen-bond donors (Lipinski definition) is 4. The summed E-state index contributed by atoms with van der Waals surface area (Å²) >= 11 is 0. The number of rotatable bonds is 12. The second kappa shape index (κ2) is 11.9. The van der Waals surface area contributed by atoms with E-state index in [9.17, 15) is 14.4 Å². The van der Waals surface area contributed by atoms with Gasteiger partial charge in [-0.15, -0.1) is 0 Å². The van der Waals surface area contributed by atoms with Gasteiger partial charge < -0.3 is 26.8 Å². The highest BCUT2D eigenvalue weighted by molar-refractivity contribution is 5.94. The molecule has 0 aliphatic rings. The summed E-state index contributed by atoms with van der Waals surface area (Å²) in [5, 5.41) is 5.36. The Morgan fingerprint density at radius 1 is 1.15 bits per heavy atom. The number of benzene rings is 1. The second-order valence-electron chi connectivity index (χ2n) is 5.95. The average Bonchev–Trinajstić information content (AvgIpc) is 2.61. The molecule has 8 nitrogen and oxygen atoms in total. The summed E-state index contributed by atoms with van der Waals surface area (Å²) in [6.45, 7) is 2.80. The van der Waals surface area contributed by atoms with Gasteiger partial charge in [0.05, 0.1) is 0 Å². The lowest BCUT2D eigenvalue weighted by Crippen LogP contribution is -2.45. The Balaban J connectivity index is 2.26. The van der Waals surface area contributed by atoms with Crippen molar-refractivity contribution in [1.29, 1.82) is 0 Å². The Kier molecular flexibility index (Phi) is 9.78. The number of amides is 3. The Hall–Kier alpha value is -2.61. The molecule has 1 unspecified atom stereocenters. The molecule has 8 heteroatoms. The Bertz CT molecular complexity index is 589. The minimum absolute atomic E-state index is 0.0880. The van der Waals surface area contributed by atoms with E-state index in [1.54, 1.807) is 24.3 Å². The van der Waals surface area contributed by atoms with Crippen molar-refractivity contribution in [3.05, 3.63) is 29.8 Å². The van der Waals surface area contributed by atoms with E-state index < -0.39 is 11.9 Å². The zero-order valence-corrected chi connectivity index (χ0v) is 15.1. The van der Waals surface area contributed by atoms with E-state index >= 15 is 0 Å². The van der Waals surface area contributed by atoms with Crippen LogP contribution in [0.4, 0.5) is 5.69 Å². The van der Waals surface area contributed by atoms with Crippen molar-refractivity contribution < 1.29 is 19.1 Å². The smallest absolute Gasteiger partial charge is 0.251 e. The number of nitrogen functional groups attached to an aromatic ring is 1. The predicted molar refractivity (Wildman–Crippen MR) is 99.3 cm³/mol. The molecule has 0 spiro atoms. The highest BCUT2D eigenvalue weighted by Crippen LogP contribution is 2.05. The quantitative estimate of drug-likeness (QED) is 0.317. The van der Waals surface area contributed by atoms with Crippen molar-refractivity contribution in [1.82, 2.24) is 10.6 Å². The van der Waals surface area contributed by atoms with Crippen LogP contribution in [0, 0.1) is 0 Å². The SMILES string of the molecule is CCCOCC(=O)NC(CCCCNC(=O)c1ccc(N)cc1)C(N)=O. The number of carbonyl (C=O) groups is 3. The van der Waals surface area contributed by atoms with E-state index in [4.69, 9.17) is 16.2 Å². The topological polar surface area (TPSA) is 137 Å².